The van der Waals surface area contributed by atoms with Gasteiger partial charge >= 0.3 is 0 Å². The first-order valence-electron chi connectivity index (χ1n) is 5.03. The van der Waals surface area contributed by atoms with Crippen molar-refractivity contribution in [1.29, 1.82) is 0 Å². The molecule has 1 heterocycles. The van der Waals surface area contributed by atoms with Crippen LogP contribution in [0, 0.1) is 6.85 Å². The molecular formula is C10H8ClN. The van der Waals surface area contributed by atoms with Gasteiger partial charge < -0.3 is 0 Å². The topological polar surface area (TPSA) is 12.9 Å². The van der Waals surface area contributed by atoms with Gasteiger partial charge in [-0.1, -0.05) is 23.2 Å². The number of rotatable bonds is 0. The SMILES string of the molecule is [2H]C([2H])([2H])c1ccc2nccc(Cl)c2c1. The van der Waals surface area contributed by atoms with Crippen LogP contribution in [-0.2, 0) is 0 Å². The molecule has 12 heavy (non-hydrogen) atoms. The fourth-order valence-electron chi connectivity index (χ4n) is 1.11. The largest absolute Gasteiger partial charge is 0.256 e. The van der Waals surface area contributed by atoms with E-state index in [-0.39, 0.29) is 5.56 Å². The summed E-state index contributed by atoms with van der Waals surface area (Å²) in [5.74, 6) is 0. The van der Waals surface area contributed by atoms with E-state index in [1.165, 1.54) is 0 Å². The van der Waals surface area contributed by atoms with E-state index in [0.29, 0.717) is 15.9 Å². The Kier molecular flexibility index (Phi) is 1.11. The van der Waals surface area contributed by atoms with Crippen LogP contribution in [0.1, 0.15) is 9.68 Å². The van der Waals surface area contributed by atoms with E-state index in [4.69, 9.17) is 15.7 Å². The molecule has 0 N–H and O–H groups in total. The summed E-state index contributed by atoms with van der Waals surface area (Å²) in [4.78, 5) is 4.10. The minimum atomic E-state index is -2.10. The molecule has 0 saturated heterocycles. The molecule has 0 fully saturated rings. The van der Waals surface area contributed by atoms with E-state index in [1.807, 2.05) is 0 Å². The molecule has 0 bridgehead atoms. The zero-order valence-electron chi connectivity index (χ0n) is 9.21. The molecule has 2 rings (SSSR count). The van der Waals surface area contributed by atoms with Crippen molar-refractivity contribution in [2.45, 2.75) is 6.85 Å². The Morgan fingerprint density at radius 3 is 3.17 bits per heavy atom. The van der Waals surface area contributed by atoms with Crippen LogP contribution in [0.25, 0.3) is 10.9 Å². The van der Waals surface area contributed by atoms with Crippen LogP contribution in [0.5, 0.6) is 0 Å². The van der Waals surface area contributed by atoms with E-state index in [9.17, 15) is 0 Å². The summed E-state index contributed by atoms with van der Waals surface area (Å²) >= 11 is 5.96. The zero-order chi connectivity index (χ0) is 11.1. The summed E-state index contributed by atoms with van der Waals surface area (Å²) in [6.07, 6.45) is 1.60. The molecule has 0 unspecified atom stereocenters. The van der Waals surface area contributed by atoms with Gasteiger partial charge in [0, 0.05) is 15.7 Å². The highest BCUT2D eigenvalue weighted by Gasteiger charge is 1.98. The average molecular weight is 181 g/mol. The highest BCUT2D eigenvalue weighted by atomic mass is 35.5. The van der Waals surface area contributed by atoms with Crippen molar-refractivity contribution in [3.8, 4) is 0 Å². The van der Waals surface area contributed by atoms with Crippen LogP contribution in [0.3, 0.4) is 0 Å². The predicted octanol–water partition coefficient (Wildman–Crippen LogP) is 3.20. The van der Waals surface area contributed by atoms with Crippen molar-refractivity contribution in [2.75, 3.05) is 0 Å². The second-order valence-electron chi connectivity index (χ2n) is 2.52. The fraction of sp³-hybridized carbons (Fsp3) is 0.100. The number of pyridine rings is 1. The monoisotopic (exact) mass is 180 g/mol. The molecule has 60 valence electrons. The second kappa shape index (κ2) is 2.76. The van der Waals surface area contributed by atoms with Gasteiger partial charge in [0.05, 0.1) is 10.5 Å². The third-order valence-corrected chi connectivity index (χ3v) is 2.02. The van der Waals surface area contributed by atoms with Crippen molar-refractivity contribution in [1.82, 2.24) is 4.98 Å². The van der Waals surface area contributed by atoms with Crippen molar-refractivity contribution < 1.29 is 4.11 Å². The standard InChI is InChI=1S/C10H8ClN/c1-7-2-3-10-8(6-7)9(11)4-5-12-10/h2-6H,1H3/i1D3. The van der Waals surface area contributed by atoms with Gasteiger partial charge in [-0.2, -0.15) is 0 Å². The Hall–Kier alpha value is -1.08. The molecule has 2 heteroatoms. The summed E-state index contributed by atoms with van der Waals surface area (Å²) in [5.41, 5.74) is 0.986. The van der Waals surface area contributed by atoms with Crippen LogP contribution in [0.2, 0.25) is 5.02 Å². The summed E-state index contributed by atoms with van der Waals surface area (Å²) in [6.45, 7) is -2.10. The van der Waals surface area contributed by atoms with Crippen molar-refractivity contribution in [2.24, 2.45) is 0 Å². The lowest BCUT2D eigenvalue weighted by atomic mass is 10.1. The predicted molar refractivity (Wildman–Crippen MR) is 51.5 cm³/mol. The maximum atomic E-state index is 7.29. The maximum absolute atomic E-state index is 7.29. The van der Waals surface area contributed by atoms with Gasteiger partial charge in [-0.05, 0) is 25.1 Å². The summed E-state index contributed by atoms with van der Waals surface area (Å²) < 4.78 is 21.9. The third-order valence-electron chi connectivity index (χ3n) is 1.69. The molecule has 0 aliphatic carbocycles. The Balaban J connectivity index is 2.70. The van der Waals surface area contributed by atoms with E-state index in [1.54, 1.807) is 30.5 Å². The molecule has 0 amide bonds. The summed E-state index contributed by atoms with van der Waals surface area (Å²) in [5, 5.41) is 1.19. The first-order chi connectivity index (χ1) is 6.98. The number of aromatic nitrogens is 1. The Morgan fingerprint density at radius 2 is 2.33 bits per heavy atom. The molecule has 1 aromatic heterocycles. The Morgan fingerprint density at radius 1 is 1.42 bits per heavy atom. The lowest BCUT2D eigenvalue weighted by molar-refractivity contribution is 1.39. The van der Waals surface area contributed by atoms with Crippen molar-refractivity contribution in [3.63, 3.8) is 0 Å². The van der Waals surface area contributed by atoms with Crippen LogP contribution in [0.4, 0.5) is 0 Å². The molecule has 0 spiro atoms. The molecule has 1 nitrogen and oxygen atoms in total. The molecule has 0 radical (unpaired) electrons. The molecule has 2 aromatic rings. The number of benzene rings is 1. The number of hydrogen-bond donors (Lipinski definition) is 0. The number of fused-ring (bicyclic) bond motifs is 1. The summed E-state index contributed by atoms with van der Waals surface area (Å²) in [6, 6.07) is 6.44. The molecule has 0 aliphatic rings. The molecule has 0 saturated carbocycles. The average Bonchev–Trinajstić information content (AvgIpc) is 2.16. The van der Waals surface area contributed by atoms with Gasteiger partial charge in [0.1, 0.15) is 0 Å². The zero-order valence-corrected chi connectivity index (χ0v) is 6.97. The van der Waals surface area contributed by atoms with E-state index >= 15 is 0 Å². The minimum absolute atomic E-state index is 0.282. The Bertz CT molecular complexity index is 507. The van der Waals surface area contributed by atoms with Gasteiger partial charge in [-0.25, -0.2) is 0 Å². The maximum Gasteiger partial charge on any atom is 0.0717 e. The van der Waals surface area contributed by atoms with E-state index in [0.717, 1.165) is 0 Å². The molecular weight excluding hydrogens is 170 g/mol. The minimum Gasteiger partial charge on any atom is -0.256 e. The van der Waals surface area contributed by atoms with Gasteiger partial charge in [0.25, 0.3) is 0 Å². The first-order valence-corrected chi connectivity index (χ1v) is 3.91. The van der Waals surface area contributed by atoms with Gasteiger partial charge in [-0.15, -0.1) is 0 Å². The van der Waals surface area contributed by atoms with Gasteiger partial charge in [0.15, 0.2) is 0 Å². The summed E-state index contributed by atoms with van der Waals surface area (Å²) in [7, 11) is 0. The molecule has 0 atom stereocenters. The van der Waals surface area contributed by atoms with Gasteiger partial charge in [-0.3, -0.25) is 4.98 Å². The lowest BCUT2D eigenvalue weighted by Crippen LogP contribution is -1.79. The van der Waals surface area contributed by atoms with E-state index in [2.05, 4.69) is 4.98 Å². The highest BCUT2D eigenvalue weighted by molar-refractivity contribution is 6.35. The lowest BCUT2D eigenvalue weighted by Gasteiger charge is -1.99. The number of hydrogen-bond acceptors (Lipinski definition) is 1. The normalized spacial score (nSPS) is 15.2. The van der Waals surface area contributed by atoms with Crippen LogP contribution in [0.15, 0.2) is 30.5 Å². The van der Waals surface area contributed by atoms with Crippen LogP contribution >= 0.6 is 11.6 Å². The Labute approximate surface area is 80.2 Å². The van der Waals surface area contributed by atoms with Crippen molar-refractivity contribution in [3.05, 3.63) is 41.0 Å². The van der Waals surface area contributed by atoms with Crippen LogP contribution in [-0.4, -0.2) is 4.98 Å². The van der Waals surface area contributed by atoms with E-state index < -0.39 is 6.85 Å². The molecule has 0 aliphatic heterocycles. The van der Waals surface area contributed by atoms with Crippen molar-refractivity contribution >= 4 is 22.5 Å². The first kappa shape index (κ1) is 4.83. The smallest absolute Gasteiger partial charge is 0.0717 e. The van der Waals surface area contributed by atoms with Crippen LogP contribution < -0.4 is 0 Å². The number of aryl methyl sites for hydroxylation is 1. The number of halogens is 1. The third kappa shape index (κ3) is 1.16. The molecule has 1 aromatic carbocycles. The fourth-order valence-corrected chi connectivity index (χ4v) is 1.32. The second-order valence-corrected chi connectivity index (χ2v) is 2.93. The quantitative estimate of drug-likeness (QED) is 0.607. The van der Waals surface area contributed by atoms with Gasteiger partial charge in [0.2, 0.25) is 0 Å². The number of nitrogens with zero attached hydrogens (tertiary/aromatic N) is 1. The highest BCUT2D eigenvalue weighted by Crippen LogP contribution is 2.21.